The Kier molecular flexibility index (Phi) is 5.48. The van der Waals surface area contributed by atoms with Crippen molar-refractivity contribution < 1.29 is 9.90 Å². The van der Waals surface area contributed by atoms with Gasteiger partial charge in [0, 0.05) is 42.3 Å². The highest BCUT2D eigenvalue weighted by molar-refractivity contribution is 5.93. The Morgan fingerprint density at radius 3 is 2.54 bits per heavy atom. The number of hydrogen-bond donors (Lipinski definition) is 2. The number of aromatic amines is 1. The fraction of sp³-hybridized carbons (Fsp3) is 0.609. The minimum Gasteiger partial charge on any atom is -0.392 e. The number of nitrogens with one attached hydrogen (secondary N) is 1. The quantitative estimate of drug-likeness (QED) is 0.856. The first-order chi connectivity index (χ1) is 13.4. The number of fused-ring (bicyclic) bond motifs is 1. The molecule has 3 heterocycles. The maximum Gasteiger partial charge on any atom is 0.227 e. The molecule has 4 rings (SSSR count). The summed E-state index contributed by atoms with van der Waals surface area (Å²) in [4.78, 5) is 21.0. The van der Waals surface area contributed by atoms with Crippen LogP contribution in [0, 0.1) is 20.8 Å². The van der Waals surface area contributed by atoms with Gasteiger partial charge in [0.15, 0.2) is 0 Å². The lowest BCUT2D eigenvalue weighted by Gasteiger charge is -2.41. The molecule has 0 bridgehead atoms. The monoisotopic (exact) mass is 383 g/mol. The second kappa shape index (κ2) is 7.88. The molecule has 0 spiro atoms. The second-order valence-electron chi connectivity index (χ2n) is 8.76. The third-order valence-corrected chi connectivity index (χ3v) is 6.78. The molecular weight excluding hydrogens is 350 g/mol. The highest BCUT2D eigenvalue weighted by Gasteiger charge is 2.30. The fourth-order valence-corrected chi connectivity index (χ4v) is 5.09. The van der Waals surface area contributed by atoms with E-state index >= 15 is 0 Å². The molecule has 1 unspecified atom stereocenters. The van der Waals surface area contributed by atoms with Crippen molar-refractivity contribution in [1.29, 1.82) is 0 Å². The molecule has 2 aromatic rings. The molecule has 152 valence electrons. The fourth-order valence-electron chi connectivity index (χ4n) is 5.09. The lowest BCUT2D eigenvalue weighted by molar-refractivity contribution is -0.132. The smallest absolute Gasteiger partial charge is 0.227 e. The molecule has 1 aromatic heterocycles. The van der Waals surface area contributed by atoms with Crippen LogP contribution in [0.2, 0.25) is 0 Å². The van der Waals surface area contributed by atoms with Crippen LogP contribution in [0.25, 0.3) is 10.9 Å². The Morgan fingerprint density at radius 2 is 1.82 bits per heavy atom. The number of piperidine rings is 2. The van der Waals surface area contributed by atoms with E-state index in [2.05, 4.69) is 42.8 Å². The van der Waals surface area contributed by atoms with Gasteiger partial charge < -0.3 is 15.0 Å². The number of hydrogen-bond acceptors (Lipinski definition) is 3. The molecule has 0 saturated carbocycles. The number of amides is 1. The number of nitrogens with zero attached hydrogens (tertiary/aromatic N) is 2. The average Bonchev–Trinajstić information content (AvgIpc) is 3.02. The van der Waals surface area contributed by atoms with Gasteiger partial charge in [-0.1, -0.05) is 12.1 Å². The first-order valence-electron chi connectivity index (χ1n) is 10.7. The number of carbonyl (C=O) groups is 1. The number of likely N-dealkylation sites (tertiary alicyclic amines) is 2. The highest BCUT2D eigenvalue weighted by atomic mass is 16.3. The number of aliphatic hydroxyl groups is 1. The standard InChI is InChI=1S/C23H33N3O2/c1-15-6-7-16(2)23-22(15)20(17(3)24-23)13-21(28)25-11-8-18(9-12-25)26-10-4-5-19(27)14-26/h6-7,18-19,24,27H,4-5,8-14H2,1-3H3. The van der Waals surface area contributed by atoms with Crippen LogP contribution in [0.5, 0.6) is 0 Å². The average molecular weight is 384 g/mol. The predicted molar refractivity (Wildman–Crippen MR) is 113 cm³/mol. The zero-order valence-corrected chi connectivity index (χ0v) is 17.4. The Labute approximate surface area is 167 Å². The van der Waals surface area contributed by atoms with Crippen molar-refractivity contribution in [2.24, 2.45) is 0 Å². The molecule has 5 heteroatoms. The number of rotatable bonds is 3. The zero-order valence-electron chi connectivity index (χ0n) is 17.4. The molecule has 2 aliphatic heterocycles. The second-order valence-corrected chi connectivity index (χ2v) is 8.76. The van der Waals surface area contributed by atoms with Crippen molar-refractivity contribution in [2.75, 3.05) is 26.2 Å². The van der Waals surface area contributed by atoms with E-state index in [0.29, 0.717) is 12.5 Å². The number of benzene rings is 1. The van der Waals surface area contributed by atoms with Crippen molar-refractivity contribution in [1.82, 2.24) is 14.8 Å². The first kappa shape index (κ1) is 19.5. The van der Waals surface area contributed by atoms with E-state index in [0.717, 1.165) is 63.1 Å². The summed E-state index contributed by atoms with van der Waals surface area (Å²) < 4.78 is 0. The maximum atomic E-state index is 13.1. The Balaban J connectivity index is 1.42. The van der Waals surface area contributed by atoms with Crippen LogP contribution in [0.1, 0.15) is 48.1 Å². The van der Waals surface area contributed by atoms with Crippen molar-refractivity contribution >= 4 is 16.8 Å². The summed E-state index contributed by atoms with van der Waals surface area (Å²) >= 11 is 0. The number of aryl methyl sites for hydroxylation is 3. The molecular formula is C23H33N3O2. The largest absolute Gasteiger partial charge is 0.392 e. The van der Waals surface area contributed by atoms with Gasteiger partial charge in [-0.15, -0.1) is 0 Å². The Morgan fingerprint density at radius 1 is 1.11 bits per heavy atom. The van der Waals surface area contributed by atoms with Crippen molar-refractivity contribution in [3.05, 3.63) is 34.5 Å². The van der Waals surface area contributed by atoms with Gasteiger partial charge in [-0.3, -0.25) is 9.69 Å². The maximum absolute atomic E-state index is 13.1. The van der Waals surface area contributed by atoms with Gasteiger partial charge in [-0.2, -0.15) is 0 Å². The molecule has 2 fully saturated rings. The van der Waals surface area contributed by atoms with Gasteiger partial charge in [0.2, 0.25) is 5.91 Å². The summed E-state index contributed by atoms with van der Waals surface area (Å²) in [6.07, 6.45) is 4.34. The minimum absolute atomic E-state index is 0.176. The number of H-pyrrole nitrogens is 1. The van der Waals surface area contributed by atoms with Crippen LogP contribution < -0.4 is 0 Å². The van der Waals surface area contributed by atoms with Crippen LogP contribution in [0.4, 0.5) is 0 Å². The first-order valence-corrected chi connectivity index (χ1v) is 10.7. The summed E-state index contributed by atoms with van der Waals surface area (Å²) in [6, 6.07) is 4.80. The van der Waals surface area contributed by atoms with Gasteiger partial charge >= 0.3 is 0 Å². The number of aliphatic hydroxyl groups excluding tert-OH is 1. The van der Waals surface area contributed by atoms with E-state index in [1.165, 1.54) is 22.0 Å². The van der Waals surface area contributed by atoms with Crippen LogP contribution in [-0.4, -0.2) is 64.1 Å². The molecule has 1 atom stereocenters. The van der Waals surface area contributed by atoms with Crippen molar-refractivity contribution in [3.63, 3.8) is 0 Å². The SMILES string of the molecule is Cc1[nH]c2c(C)ccc(C)c2c1CC(=O)N1CCC(N2CCCC(O)C2)CC1. The molecule has 5 nitrogen and oxygen atoms in total. The third kappa shape index (κ3) is 3.70. The van der Waals surface area contributed by atoms with Gasteiger partial charge in [-0.05, 0) is 69.7 Å². The van der Waals surface area contributed by atoms with Crippen LogP contribution in [-0.2, 0) is 11.2 Å². The minimum atomic E-state index is -0.176. The molecule has 2 aliphatic rings. The number of aromatic nitrogens is 1. The summed E-state index contributed by atoms with van der Waals surface area (Å²) in [6.45, 7) is 9.86. The number of carbonyl (C=O) groups excluding carboxylic acids is 1. The molecule has 2 saturated heterocycles. The summed E-state index contributed by atoms with van der Waals surface area (Å²) in [5.74, 6) is 0.238. The molecule has 0 aliphatic carbocycles. The van der Waals surface area contributed by atoms with Gasteiger partial charge in [0.1, 0.15) is 0 Å². The van der Waals surface area contributed by atoms with Crippen molar-refractivity contribution in [3.8, 4) is 0 Å². The molecule has 1 aromatic carbocycles. The summed E-state index contributed by atoms with van der Waals surface area (Å²) in [7, 11) is 0. The van der Waals surface area contributed by atoms with E-state index in [1.807, 2.05) is 4.90 Å². The van der Waals surface area contributed by atoms with E-state index < -0.39 is 0 Å². The topological polar surface area (TPSA) is 59.6 Å². The normalized spacial score (nSPS) is 22.1. The van der Waals surface area contributed by atoms with Gasteiger partial charge in [0.05, 0.1) is 12.5 Å². The highest BCUT2D eigenvalue weighted by Crippen LogP contribution is 2.29. The summed E-state index contributed by atoms with van der Waals surface area (Å²) in [5, 5.41) is 11.2. The third-order valence-electron chi connectivity index (χ3n) is 6.78. The zero-order chi connectivity index (χ0) is 19.8. The van der Waals surface area contributed by atoms with Crippen LogP contribution in [0.3, 0.4) is 0 Å². The number of β-amino-alcohol motifs (C(OH)–C–C–N with tert-alkyl or cyclic N) is 1. The van der Waals surface area contributed by atoms with Crippen LogP contribution in [0.15, 0.2) is 12.1 Å². The Bertz CT molecular complexity index is 864. The molecule has 2 N–H and O–H groups in total. The lowest BCUT2D eigenvalue weighted by atomic mass is 9.97. The molecule has 28 heavy (non-hydrogen) atoms. The van der Waals surface area contributed by atoms with E-state index in [9.17, 15) is 9.90 Å². The van der Waals surface area contributed by atoms with E-state index in [-0.39, 0.29) is 12.0 Å². The predicted octanol–water partition coefficient (Wildman–Crippen LogP) is 3.08. The van der Waals surface area contributed by atoms with E-state index in [4.69, 9.17) is 0 Å². The van der Waals surface area contributed by atoms with Gasteiger partial charge in [-0.25, -0.2) is 0 Å². The van der Waals surface area contributed by atoms with Crippen molar-refractivity contribution in [2.45, 2.75) is 65.0 Å². The van der Waals surface area contributed by atoms with E-state index in [1.54, 1.807) is 0 Å². The van der Waals surface area contributed by atoms with Gasteiger partial charge in [0.25, 0.3) is 0 Å². The summed E-state index contributed by atoms with van der Waals surface area (Å²) in [5.41, 5.74) is 5.89. The molecule has 0 radical (unpaired) electrons. The lowest BCUT2D eigenvalue weighted by Crippen LogP contribution is -2.50. The molecule has 1 amide bonds. The van der Waals surface area contributed by atoms with Crippen LogP contribution >= 0.6 is 0 Å². The Hall–Kier alpha value is -1.85.